The largest absolute Gasteiger partial charge is 0.376 e. The van der Waals surface area contributed by atoms with Crippen molar-refractivity contribution in [1.29, 1.82) is 0 Å². The smallest absolute Gasteiger partial charge is 0.229 e. The zero-order valence-electron chi connectivity index (χ0n) is 14.9. The minimum atomic E-state index is 0.236. The Labute approximate surface area is 163 Å². The fourth-order valence-electron chi connectivity index (χ4n) is 3.06. The highest BCUT2D eigenvalue weighted by atomic mass is 35.5. The van der Waals surface area contributed by atoms with Gasteiger partial charge in [0.1, 0.15) is 5.82 Å². The maximum atomic E-state index is 6.27. The number of hydrogen-bond acceptors (Lipinski definition) is 5. The van der Waals surface area contributed by atoms with Crippen LogP contribution in [0.2, 0.25) is 5.02 Å². The minimum Gasteiger partial charge on any atom is -0.376 e. The molecule has 27 heavy (non-hydrogen) atoms. The van der Waals surface area contributed by atoms with Gasteiger partial charge in [0, 0.05) is 24.8 Å². The Morgan fingerprint density at radius 1 is 1.04 bits per heavy atom. The Morgan fingerprint density at radius 3 is 2.63 bits per heavy atom. The van der Waals surface area contributed by atoms with Crippen molar-refractivity contribution in [3.05, 3.63) is 65.7 Å². The molecular weight excluding hydrogens is 360 g/mol. The van der Waals surface area contributed by atoms with E-state index >= 15 is 0 Å². The SMILES string of the molecule is Clc1ccccc1Nc1nc(NCC2CCCO2)cc(-c2ccccc2)n1. The molecule has 1 aromatic heterocycles. The van der Waals surface area contributed by atoms with Gasteiger partial charge in [0.25, 0.3) is 0 Å². The standard InChI is InChI=1S/C21H21ClN4O/c22-17-10-4-5-11-18(17)24-21-25-19(15-7-2-1-3-8-15)13-20(26-21)23-14-16-9-6-12-27-16/h1-5,7-8,10-11,13,16H,6,9,12,14H2,(H2,23,24,25,26). The summed E-state index contributed by atoms with van der Waals surface area (Å²) >= 11 is 6.27. The van der Waals surface area contributed by atoms with Crippen LogP contribution in [-0.4, -0.2) is 29.2 Å². The fourth-order valence-corrected chi connectivity index (χ4v) is 3.24. The lowest BCUT2D eigenvalue weighted by atomic mass is 10.1. The van der Waals surface area contributed by atoms with E-state index in [1.807, 2.05) is 60.7 Å². The molecule has 0 radical (unpaired) electrons. The first kappa shape index (κ1) is 17.8. The molecule has 0 saturated carbocycles. The van der Waals surface area contributed by atoms with Crippen molar-refractivity contribution in [3.8, 4) is 11.3 Å². The van der Waals surface area contributed by atoms with E-state index in [0.717, 1.165) is 48.8 Å². The Bertz CT molecular complexity index is 898. The minimum absolute atomic E-state index is 0.236. The average Bonchev–Trinajstić information content (AvgIpc) is 3.22. The molecule has 0 amide bonds. The summed E-state index contributed by atoms with van der Waals surface area (Å²) in [5.74, 6) is 1.26. The van der Waals surface area contributed by atoms with E-state index in [1.165, 1.54) is 0 Å². The van der Waals surface area contributed by atoms with Gasteiger partial charge in [-0.25, -0.2) is 4.98 Å². The second-order valence-electron chi connectivity index (χ2n) is 6.45. The highest BCUT2D eigenvalue weighted by Crippen LogP contribution is 2.26. The lowest BCUT2D eigenvalue weighted by Gasteiger charge is -2.14. The van der Waals surface area contributed by atoms with Crippen molar-refractivity contribution in [2.75, 3.05) is 23.8 Å². The van der Waals surface area contributed by atoms with Crippen LogP contribution in [0.5, 0.6) is 0 Å². The summed E-state index contributed by atoms with van der Waals surface area (Å²) in [7, 11) is 0. The van der Waals surface area contributed by atoms with E-state index in [2.05, 4.69) is 20.6 Å². The van der Waals surface area contributed by atoms with Crippen LogP contribution in [0, 0.1) is 0 Å². The number of ether oxygens (including phenoxy) is 1. The van der Waals surface area contributed by atoms with Crippen LogP contribution >= 0.6 is 11.6 Å². The topological polar surface area (TPSA) is 59.1 Å². The number of anilines is 3. The molecule has 0 bridgehead atoms. The van der Waals surface area contributed by atoms with Crippen molar-refractivity contribution in [1.82, 2.24) is 9.97 Å². The number of benzene rings is 2. The molecule has 1 fully saturated rings. The van der Waals surface area contributed by atoms with E-state index in [4.69, 9.17) is 16.3 Å². The number of rotatable bonds is 6. The maximum absolute atomic E-state index is 6.27. The molecule has 1 atom stereocenters. The molecule has 2 N–H and O–H groups in total. The first-order valence-corrected chi connectivity index (χ1v) is 9.47. The van der Waals surface area contributed by atoms with E-state index in [9.17, 15) is 0 Å². The summed E-state index contributed by atoms with van der Waals surface area (Å²) in [4.78, 5) is 9.28. The van der Waals surface area contributed by atoms with Gasteiger partial charge in [-0.05, 0) is 25.0 Å². The van der Waals surface area contributed by atoms with Crippen molar-refractivity contribution in [2.45, 2.75) is 18.9 Å². The number of hydrogen-bond donors (Lipinski definition) is 2. The van der Waals surface area contributed by atoms with Crippen LogP contribution in [0.3, 0.4) is 0 Å². The van der Waals surface area contributed by atoms with E-state index in [-0.39, 0.29) is 6.10 Å². The Kier molecular flexibility index (Phi) is 5.51. The predicted molar refractivity (Wildman–Crippen MR) is 110 cm³/mol. The number of nitrogens with zero attached hydrogens (tertiary/aromatic N) is 2. The van der Waals surface area contributed by atoms with Crippen LogP contribution in [0.15, 0.2) is 60.7 Å². The Morgan fingerprint density at radius 2 is 1.85 bits per heavy atom. The van der Waals surface area contributed by atoms with Gasteiger partial charge in [-0.3, -0.25) is 0 Å². The summed E-state index contributed by atoms with van der Waals surface area (Å²) < 4.78 is 5.69. The quantitative estimate of drug-likeness (QED) is 0.620. The van der Waals surface area contributed by atoms with Crippen molar-refractivity contribution >= 4 is 29.1 Å². The third-order valence-corrected chi connectivity index (χ3v) is 4.78. The number of para-hydroxylation sites is 1. The third-order valence-electron chi connectivity index (χ3n) is 4.45. The van der Waals surface area contributed by atoms with Crippen molar-refractivity contribution < 1.29 is 4.74 Å². The molecule has 138 valence electrons. The van der Waals surface area contributed by atoms with Gasteiger partial charge in [-0.2, -0.15) is 4.98 Å². The average molecular weight is 381 g/mol. The van der Waals surface area contributed by atoms with Gasteiger partial charge in [0.05, 0.1) is 22.5 Å². The lowest BCUT2D eigenvalue weighted by molar-refractivity contribution is 0.120. The maximum Gasteiger partial charge on any atom is 0.229 e. The van der Waals surface area contributed by atoms with Gasteiger partial charge in [0.15, 0.2) is 0 Å². The molecule has 1 saturated heterocycles. The summed E-state index contributed by atoms with van der Waals surface area (Å²) in [6, 6.07) is 19.6. The second-order valence-corrected chi connectivity index (χ2v) is 6.86. The summed E-state index contributed by atoms with van der Waals surface area (Å²) in [5, 5.41) is 7.24. The van der Waals surface area contributed by atoms with E-state index < -0.39 is 0 Å². The highest BCUT2D eigenvalue weighted by Gasteiger charge is 2.16. The Balaban J connectivity index is 1.62. The van der Waals surface area contributed by atoms with Crippen molar-refractivity contribution in [3.63, 3.8) is 0 Å². The zero-order chi connectivity index (χ0) is 18.5. The number of halogens is 1. The first-order chi connectivity index (χ1) is 13.3. The molecule has 0 spiro atoms. The van der Waals surface area contributed by atoms with Gasteiger partial charge in [-0.1, -0.05) is 54.1 Å². The molecule has 2 heterocycles. The van der Waals surface area contributed by atoms with Crippen LogP contribution in [0.25, 0.3) is 11.3 Å². The monoisotopic (exact) mass is 380 g/mol. The molecule has 6 heteroatoms. The lowest BCUT2D eigenvalue weighted by Crippen LogP contribution is -2.19. The van der Waals surface area contributed by atoms with Gasteiger partial charge >= 0.3 is 0 Å². The van der Waals surface area contributed by atoms with Crippen LogP contribution in [-0.2, 0) is 4.74 Å². The molecule has 3 aromatic rings. The summed E-state index contributed by atoms with van der Waals surface area (Å²) in [6.45, 7) is 1.57. The van der Waals surface area contributed by atoms with Gasteiger partial charge < -0.3 is 15.4 Å². The van der Waals surface area contributed by atoms with Gasteiger partial charge in [0.2, 0.25) is 5.95 Å². The highest BCUT2D eigenvalue weighted by molar-refractivity contribution is 6.33. The molecule has 5 nitrogen and oxygen atoms in total. The van der Waals surface area contributed by atoms with Crippen LogP contribution in [0.4, 0.5) is 17.5 Å². The third kappa shape index (κ3) is 4.56. The first-order valence-electron chi connectivity index (χ1n) is 9.09. The van der Waals surface area contributed by atoms with Gasteiger partial charge in [-0.15, -0.1) is 0 Å². The van der Waals surface area contributed by atoms with Crippen molar-refractivity contribution in [2.24, 2.45) is 0 Å². The predicted octanol–water partition coefficient (Wildman–Crippen LogP) is 5.13. The number of nitrogens with one attached hydrogen (secondary N) is 2. The summed E-state index contributed by atoms with van der Waals surface area (Å²) in [5.41, 5.74) is 2.65. The molecule has 0 aliphatic carbocycles. The molecule has 4 rings (SSSR count). The number of aromatic nitrogens is 2. The molecule has 1 unspecified atom stereocenters. The molecule has 1 aliphatic rings. The fraction of sp³-hybridized carbons (Fsp3) is 0.238. The van der Waals surface area contributed by atoms with Crippen LogP contribution < -0.4 is 10.6 Å². The van der Waals surface area contributed by atoms with E-state index in [0.29, 0.717) is 11.0 Å². The Hall–Kier alpha value is -2.63. The molecule has 1 aliphatic heterocycles. The second kappa shape index (κ2) is 8.37. The molecule has 2 aromatic carbocycles. The normalized spacial score (nSPS) is 16.3. The zero-order valence-corrected chi connectivity index (χ0v) is 15.6. The molecular formula is C21H21ClN4O. The van der Waals surface area contributed by atoms with E-state index in [1.54, 1.807) is 0 Å². The summed E-state index contributed by atoms with van der Waals surface area (Å²) in [6.07, 6.45) is 2.43. The van der Waals surface area contributed by atoms with Crippen LogP contribution in [0.1, 0.15) is 12.8 Å².